The second-order valence-corrected chi connectivity index (χ2v) is 15.5. The van der Waals surface area contributed by atoms with Gasteiger partial charge >= 0.3 is 0 Å². The monoisotopic (exact) mass is 815 g/mol. The Hall–Kier alpha value is -7.97. The molecule has 8 N–H and O–H groups in total. The first-order valence-corrected chi connectivity index (χ1v) is 19.5. The average Bonchev–Trinajstić information content (AvgIpc) is 3.95. The molecule has 3 heterocycles. The molecule has 2 atom stereocenters. The van der Waals surface area contributed by atoms with Crippen molar-refractivity contribution < 1.29 is 40.9 Å². The van der Waals surface area contributed by atoms with Crippen LogP contribution in [0.15, 0.2) is 130 Å². The van der Waals surface area contributed by atoms with Crippen LogP contribution in [0.25, 0.3) is 47.7 Å². The van der Waals surface area contributed by atoms with E-state index in [1.165, 1.54) is 21.5 Å². The molecular weight excluding hydrogens is 783 g/mol. The van der Waals surface area contributed by atoms with E-state index < -0.39 is 56.8 Å². The largest absolute Gasteiger partial charge is 0.504 e. The molecule has 0 spiro atoms. The van der Waals surface area contributed by atoms with Gasteiger partial charge in [-0.1, -0.05) is 91.0 Å². The highest BCUT2D eigenvalue weighted by molar-refractivity contribution is 7.26. The smallest absolute Gasteiger partial charge is 0.206 e. The van der Waals surface area contributed by atoms with Crippen LogP contribution in [0.5, 0.6) is 46.0 Å². The topological polar surface area (TPSA) is 207 Å². The molecule has 8 aromatic rings. The van der Waals surface area contributed by atoms with Crippen LogP contribution >= 0.6 is 11.3 Å². The average molecular weight is 816 g/mol. The summed E-state index contributed by atoms with van der Waals surface area (Å²) in [4.78, 5) is 16.9. The fourth-order valence-electron chi connectivity index (χ4n) is 8.55. The highest BCUT2D eigenvalue weighted by Gasteiger charge is 2.36. The third-order valence-corrected chi connectivity index (χ3v) is 12.5. The summed E-state index contributed by atoms with van der Waals surface area (Å²) in [6.07, 6.45) is 8.49. The molecule has 296 valence electrons. The standard InChI is InChI=1S/C46H33N5O8S/c1-47-46(49-45(22-11-3-2-4-12-22)48-21-50-27-16-8-5-13-23(27)24-14-6-9-17-28(24)50)26-19-20-29(44-31(26)25-15-7-10-18-30(25)60-44)51-34-32(36(52)40(56)42(58)38(34)54)33-35(51)39(55)43(59)41(57)37(33)53/h2-20,23,27,52-59H,1,21H2. The van der Waals surface area contributed by atoms with Gasteiger partial charge in [0.15, 0.2) is 34.7 Å². The summed E-state index contributed by atoms with van der Waals surface area (Å²) < 4.78 is 2.57. The Labute approximate surface area is 343 Å². The number of hydrogen-bond acceptors (Lipinski definition) is 11. The van der Waals surface area contributed by atoms with Crippen LogP contribution in [-0.4, -0.2) is 76.5 Å². The van der Waals surface area contributed by atoms with Crippen molar-refractivity contribution in [2.45, 2.75) is 12.0 Å². The molecule has 13 nitrogen and oxygen atoms in total. The first kappa shape index (κ1) is 36.4. The van der Waals surface area contributed by atoms with E-state index in [0.29, 0.717) is 21.5 Å². The van der Waals surface area contributed by atoms with Crippen LogP contribution in [0.3, 0.4) is 0 Å². The molecule has 2 aliphatic rings. The van der Waals surface area contributed by atoms with E-state index in [1.807, 2.05) is 72.8 Å². The SMILES string of the molecule is C=NC(=NC(=NCN1c2ccccc2C2C=CC=CC21)c1ccccc1)c1ccc(-n2c3c(O)c(O)c(O)c(O)c3c3c(O)c(O)c(O)c(O)c32)c2sc3ccccc3c12. The first-order chi connectivity index (χ1) is 29.1. The first-order valence-electron chi connectivity index (χ1n) is 18.7. The number of aliphatic imine (C=N–C) groups is 3. The third kappa shape index (κ3) is 5.14. The number of amidine groups is 2. The fraction of sp³-hybridized carbons (Fsp3) is 0.0652. The van der Waals surface area contributed by atoms with Crippen molar-refractivity contribution >= 4 is 77.4 Å². The van der Waals surface area contributed by atoms with Gasteiger partial charge in [0.25, 0.3) is 0 Å². The third-order valence-electron chi connectivity index (χ3n) is 11.3. The van der Waals surface area contributed by atoms with Crippen LogP contribution in [-0.2, 0) is 0 Å². The van der Waals surface area contributed by atoms with Crippen molar-refractivity contribution in [1.82, 2.24) is 4.57 Å². The quantitative estimate of drug-likeness (QED) is 0.0361. The van der Waals surface area contributed by atoms with E-state index in [-0.39, 0.29) is 41.2 Å². The molecule has 60 heavy (non-hydrogen) atoms. The summed E-state index contributed by atoms with van der Waals surface area (Å²) in [5, 5.41) is 88.3. The lowest BCUT2D eigenvalue weighted by atomic mass is 9.92. The lowest BCUT2D eigenvalue weighted by molar-refractivity contribution is 0.350. The van der Waals surface area contributed by atoms with Gasteiger partial charge in [-0.3, -0.25) is 0 Å². The molecule has 10 rings (SSSR count). The minimum Gasteiger partial charge on any atom is -0.504 e. The molecule has 0 bridgehead atoms. The molecule has 0 amide bonds. The van der Waals surface area contributed by atoms with E-state index in [4.69, 9.17) is 9.98 Å². The van der Waals surface area contributed by atoms with Crippen LogP contribution in [0.1, 0.15) is 22.6 Å². The van der Waals surface area contributed by atoms with E-state index in [9.17, 15) is 40.9 Å². The maximum atomic E-state index is 11.4. The maximum absolute atomic E-state index is 11.4. The van der Waals surface area contributed by atoms with Crippen molar-refractivity contribution in [3.63, 3.8) is 0 Å². The summed E-state index contributed by atoms with van der Waals surface area (Å²) >= 11 is 1.33. The Kier molecular flexibility index (Phi) is 8.23. The summed E-state index contributed by atoms with van der Waals surface area (Å²) in [5.41, 5.74) is 3.11. The summed E-state index contributed by atoms with van der Waals surface area (Å²) in [6.45, 7) is 4.21. The number of allylic oxidation sites excluding steroid dienone is 2. The van der Waals surface area contributed by atoms with Crippen LogP contribution < -0.4 is 4.90 Å². The molecule has 2 aromatic heterocycles. The van der Waals surface area contributed by atoms with Crippen molar-refractivity contribution in [2.24, 2.45) is 15.0 Å². The van der Waals surface area contributed by atoms with E-state index >= 15 is 0 Å². The number of hydrogen-bond donors (Lipinski definition) is 8. The van der Waals surface area contributed by atoms with Gasteiger partial charge in [0.1, 0.15) is 17.7 Å². The normalized spacial score (nSPS) is 16.4. The van der Waals surface area contributed by atoms with Gasteiger partial charge in [0.2, 0.25) is 23.0 Å². The molecule has 6 aromatic carbocycles. The Morgan fingerprint density at radius 3 is 1.92 bits per heavy atom. The Morgan fingerprint density at radius 1 is 0.600 bits per heavy atom. The number of para-hydroxylation sites is 1. The van der Waals surface area contributed by atoms with E-state index in [1.54, 1.807) is 12.1 Å². The second-order valence-electron chi connectivity index (χ2n) is 14.4. The molecule has 0 radical (unpaired) electrons. The highest BCUT2D eigenvalue weighted by atomic mass is 32.1. The molecule has 0 fully saturated rings. The van der Waals surface area contributed by atoms with Gasteiger partial charge in [-0.2, -0.15) is 0 Å². The van der Waals surface area contributed by atoms with Gasteiger partial charge in [0.05, 0.1) is 27.2 Å². The number of rotatable bonds is 5. The molecule has 1 aliphatic carbocycles. The molecular formula is C46H33N5O8S. The number of aromatic hydroxyl groups is 8. The molecule has 2 unspecified atom stereocenters. The molecule has 1 aliphatic heterocycles. The number of phenols is 8. The number of aromatic nitrogens is 1. The number of phenolic OH excluding ortho intramolecular Hbond substituents is 8. The van der Waals surface area contributed by atoms with Gasteiger partial charge in [-0.25, -0.2) is 15.0 Å². The fourth-order valence-corrected chi connectivity index (χ4v) is 9.79. The maximum Gasteiger partial charge on any atom is 0.206 e. The number of nitrogens with zero attached hydrogens (tertiary/aromatic N) is 5. The lowest BCUT2D eigenvalue weighted by Crippen LogP contribution is -2.33. The summed E-state index contributed by atoms with van der Waals surface area (Å²) in [7, 11) is 0. The van der Waals surface area contributed by atoms with Gasteiger partial charge in [0, 0.05) is 38.2 Å². The molecule has 0 saturated carbocycles. The minimum atomic E-state index is -1.11. The summed E-state index contributed by atoms with van der Waals surface area (Å²) in [6, 6.07) is 28.8. The lowest BCUT2D eigenvalue weighted by Gasteiger charge is -2.27. The van der Waals surface area contributed by atoms with Gasteiger partial charge in [-0.15, -0.1) is 11.3 Å². The van der Waals surface area contributed by atoms with Crippen LogP contribution in [0, 0.1) is 0 Å². The highest BCUT2D eigenvalue weighted by Crippen LogP contribution is 2.59. The van der Waals surface area contributed by atoms with Crippen molar-refractivity contribution in [3.8, 4) is 51.7 Å². The molecule has 0 saturated heterocycles. The van der Waals surface area contributed by atoms with E-state index in [0.717, 1.165) is 21.3 Å². The number of anilines is 1. The number of benzene rings is 6. The van der Waals surface area contributed by atoms with Crippen molar-refractivity contribution in [1.29, 1.82) is 0 Å². The van der Waals surface area contributed by atoms with Crippen molar-refractivity contribution in [3.05, 3.63) is 132 Å². The Morgan fingerprint density at radius 2 is 1.22 bits per heavy atom. The zero-order valence-electron chi connectivity index (χ0n) is 31.3. The van der Waals surface area contributed by atoms with Gasteiger partial charge in [-0.05, 0) is 36.5 Å². The number of thiophene rings is 1. The Balaban J connectivity index is 1.22. The minimum absolute atomic E-state index is 0.0683. The van der Waals surface area contributed by atoms with Crippen molar-refractivity contribution in [2.75, 3.05) is 11.6 Å². The predicted octanol–water partition coefficient (Wildman–Crippen LogP) is 8.75. The zero-order valence-corrected chi connectivity index (χ0v) is 32.1. The Bertz CT molecular complexity index is 3200. The molecule has 14 heteroatoms. The summed E-state index contributed by atoms with van der Waals surface area (Å²) in [5.74, 6) is -7.33. The van der Waals surface area contributed by atoms with Crippen LogP contribution in [0.4, 0.5) is 5.69 Å². The zero-order chi connectivity index (χ0) is 41.6. The second kappa shape index (κ2) is 13.6. The van der Waals surface area contributed by atoms with E-state index in [2.05, 4.69) is 47.0 Å². The predicted molar refractivity (Wildman–Crippen MR) is 235 cm³/mol. The van der Waals surface area contributed by atoms with Crippen LogP contribution in [0.2, 0.25) is 0 Å². The number of fused-ring (bicyclic) bond motifs is 9. The van der Waals surface area contributed by atoms with Gasteiger partial charge < -0.3 is 50.3 Å².